The molecular weight excluding hydrogens is 294 g/mol. The van der Waals surface area contributed by atoms with E-state index < -0.39 is 17.9 Å². The van der Waals surface area contributed by atoms with Gasteiger partial charge in [0.05, 0.1) is 12.8 Å². The molecule has 21 heavy (non-hydrogen) atoms. The normalized spacial score (nSPS) is 12.7. The molecule has 0 aliphatic carbocycles. The summed E-state index contributed by atoms with van der Waals surface area (Å²) >= 11 is 6.07. The van der Waals surface area contributed by atoms with Crippen LogP contribution in [0.1, 0.15) is 25.1 Å². The molecule has 1 heterocycles. The number of nitrogens with zero attached hydrogens (tertiary/aromatic N) is 2. The summed E-state index contributed by atoms with van der Waals surface area (Å²) in [6, 6.07) is -0.683. The number of carbonyl (C=O) groups excluding carboxylic acids is 2. The van der Waals surface area contributed by atoms with Crippen molar-refractivity contribution in [3.8, 4) is 0 Å². The first kappa shape index (κ1) is 17.2. The number of aryl methyl sites for hydroxylation is 2. The second kappa shape index (κ2) is 7.26. The van der Waals surface area contributed by atoms with Crippen LogP contribution in [0.25, 0.3) is 6.08 Å². The number of aromatic nitrogens is 2. The molecule has 1 unspecified atom stereocenters. The van der Waals surface area contributed by atoms with Crippen molar-refractivity contribution in [3.63, 3.8) is 0 Å². The van der Waals surface area contributed by atoms with Gasteiger partial charge in [-0.25, -0.2) is 4.79 Å². The van der Waals surface area contributed by atoms with Crippen molar-refractivity contribution in [1.29, 1.82) is 0 Å². The molecule has 1 atom stereocenters. The molecule has 0 fully saturated rings. The molecule has 1 N–H and O–H groups in total. The number of hydrogen-bond donors (Lipinski definition) is 1. The molecule has 0 spiro atoms. The molecule has 0 radical (unpaired) electrons. The Kier molecular flexibility index (Phi) is 5.96. The third-order valence-corrected chi connectivity index (χ3v) is 3.47. The predicted molar refractivity (Wildman–Crippen MR) is 80.8 cm³/mol. The third kappa shape index (κ3) is 4.32. The van der Waals surface area contributed by atoms with Gasteiger partial charge in [0.25, 0.3) is 0 Å². The van der Waals surface area contributed by atoms with Crippen LogP contribution in [-0.2, 0) is 21.4 Å². The molecule has 116 valence electrons. The fraction of sp³-hybridized carbons (Fsp3) is 0.500. The van der Waals surface area contributed by atoms with E-state index in [0.29, 0.717) is 10.7 Å². The van der Waals surface area contributed by atoms with Gasteiger partial charge >= 0.3 is 5.97 Å². The Morgan fingerprint density at radius 1 is 1.43 bits per heavy atom. The van der Waals surface area contributed by atoms with Crippen LogP contribution in [0, 0.1) is 12.8 Å². The van der Waals surface area contributed by atoms with E-state index in [1.807, 2.05) is 13.8 Å². The molecule has 0 aromatic carbocycles. The highest BCUT2D eigenvalue weighted by atomic mass is 35.5. The van der Waals surface area contributed by atoms with Crippen molar-refractivity contribution < 1.29 is 14.3 Å². The highest BCUT2D eigenvalue weighted by molar-refractivity contribution is 6.31. The molecule has 6 nitrogen and oxygen atoms in total. The zero-order valence-corrected chi connectivity index (χ0v) is 13.6. The largest absolute Gasteiger partial charge is 0.467 e. The van der Waals surface area contributed by atoms with Crippen LogP contribution in [0.2, 0.25) is 5.15 Å². The van der Waals surface area contributed by atoms with Crippen LogP contribution in [0.3, 0.4) is 0 Å². The van der Waals surface area contributed by atoms with Gasteiger partial charge in [-0.1, -0.05) is 25.4 Å². The fourth-order valence-corrected chi connectivity index (χ4v) is 2.06. The number of esters is 1. The van der Waals surface area contributed by atoms with Crippen LogP contribution >= 0.6 is 11.6 Å². The number of carbonyl (C=O) groups is 2. The van der Waals surface area contributed by atoms with Gasteiger partial charge < -0.3 is 10.1 Å². The first-order chi connectivity index (χ1) is 9.77. The summed E-state index contributed by atoms with van der Waals surface area (Å²) in [4.78, 5) is 23.5. The van der Waals surface area contributed by atoms with Crippen molar-refractivity contribution in [3.05, 3.63) is 22.5 Å². The highest BCUT2D eigenvalue weighted by Gasteiger charge is 2.24. The molecule has 0 bridgehead atoms. The Bertz CT molecular complexity index is 564. The van der Waals surface area contributed by atoms with Gasteiger partial charge in [0.15, 0.2) is 0 Å². The van der Waals surface area contributed by atoms with E-state index in [1.165, 1.54) is 17.9 Å². The number of rotatable bonds is 5. The second-order valence-electron chi connectivity index (χ2n) is 5.00. The zero-order chi connectivity index (χ0) is 16.2. The highest BCUT2D eigenvalue weighted by Crippen LogP contribution is 2.19. The van der Waals surface area contributed by atoms with Crippen molar-refractivity contribution in [2.24, 2.45) is 13.0 Å². The fourth-order valence-electron chi connectivity index (χ4n) is 1.82. The summed E-state index contributed by atoms with van der Waals surface area (Å²) in [6.45, 7) is 5.45. The lowest BCUT2D eigenvalue weighted by Crippen LogP contribution is -2.44. The van der Waals surface area contributed by atoms with Crippen molar-refractivity contribution in [1.82, 2.24) is 15.1 Å². The summed E-state index contributed by atoms with van der Waals surface area (Å²) in [6.07, 6.45) is 2.91. The summed E-state index contributed by atoms with van der Waals surface area (Å²) in [5.74, 6) is -0.931. The molecule has 1 amide bonds. The number of nitrogens with one attached hydrogen (secondary N) is 1. The van der Waals surface area contributed by atoms with E-state index in [-0.39, 0.29) is 5.92 Å². The van der Waals surface area contributed by atoms with Crippen LogP contribution in [-0.4, -0.2) is 34.8 Å². The van der Waals surface area contributed by atoms with Gasteiger partial charge in [0, 0.05) is 18.7 Å². The third-order valence-electron chi connectivity index (χ3n) is 3.02. The van der Waals surface area contributed by atoms with E-state index in [2.05, 4.69) is 15.2 Å². The average Bonchev–Trinajstić information content (AvgIpc) is 2.66. The number of methoxy groups -OCH3 is 1. The number of halogens is 1. The van der Waals surface area contributed by atoms with Crippen LogP contribution in [0.4, 0.5) is 0 Å². The molecule has 1 aromatic heterocycles. The number of amides is 1. The topological polar surface area (TPSA) is 73.2 Å². The molecule has 0 saturated heterocycles. The molecule has 0 saturated carbocycles. The maximum Gasteiger partial charge on any atom is 0.328 e. The lowest BCUT2D eigenvalue weighted by molar-refractivity contribution is -0.145. The Morgan fingerprint density at radius 2 is 2.05 bits per heavy atom. The lowest BCUT2D eigenvalue weighted by Gasteiger charge is -2.18. The molecule has 7 heteroatoms. The lowest BCUT2D eigenvalue weighted by atomic mass is 10.0. The van der Waals surface area contributed by atoms with E-state index in [9.17, 15) is 9.59 Å². The number of hydrogen-bond acceptors (Lipinski definition) is 4. The Morgan fingerprint density at radius 3 is 2.48 bits per heavy atom. The van der Waals surface area contributed by atoms with Gasteiger partial charge in [0.1, 0.15) is 11.2 Å². The predicted octanol–water partition coefficient (Wildman–Crippen LogP) is 1.71. The quantitative estimate of drug-likeness (QED) is 0.663. The molecule has 1 aromatic rings. The summed E-state index contributed by atoms with van der Waals surface area (Å²) in [5, 5.41) is 7.21. The Balaban J connectivity index is 2.81. The molecule has 0 aliphatic rings. The number of ether oxygens (including phenoxy) is 1. The second-order valence-corrected chi connectivity index (χ2v) is 5.36. The maximum absolute atomic E-state index is 11.9. The average molecular weight is 314 g/mol. The van der Waals surface area contributed by atoms with E-state index >= 15 is 0 Å². The van der Waals surface area contributed by atoms with Gasteiger partial charge in [-0.3, -0.25) is 9.48 Å². The van der Waals surface area contributed by atoms with Gasteiger partial charge in [-0.15, -0.1) is 0 Å². The molecular formula is C14H20ClN3O3. The maximum atomic E-state index is 11.9. The van der Waals surface area contributed by atoms with Crippen molar-refractivity contribution >= 4 is 29.6 Å². The SMILES string of the molecule is COC(=O)C(NC(=O)/C=C/c1c(C)nn(C)c1Cl)C(C)C. The van der Waals surface area contributed by atoms with Gasteiger partial charge in [-0.2, -0.15) is 5.10 Å². The standard InChI is InChI=1S/C14H20ClN3O3/c1-8(2)12(14(20)21-5)16-11(19)7-6-10-9(3)17-18(4)13(10)15/h6-8,12H,1-5H3,(H,16,19)/b7-6+. The smallest absolute Gasteiger partial charge is 0.328 e. The van der Waals surface area contributed by atoms with Crippen molar-refractivity contribution in [2.75, 3.05) is 7.11 Å². The summed E-state index contributed by atoms with van der Waals surface area (Å²) in [7, 11) is 3.01. The minimum absolute atomic E-state index is 0.0708. The first-order valence-corrected chi connectivity index (χ1v) is 6.91. The van der Waals surface area contributed by atoms with Crippen LogP contribution in [0.5, 0.6) is 0 Å². The summed E-state index contributed by atoms with van der Waals surface area (Å²) < 4.78 is 6.19. The van der Waals surface area contributed by atoms with Crippen LogP contribution in [0.15, 0.2) is 6.08 Å². The Labute approximate surface area is 129 Å². The van der Waals surface area contributed by atoms with Gasteiger partial charge in [-0.05, 0) is 18.9 Å². The van der Waals surface area contributed by atoms with E-state index in [1.54, 1.807) is 20.0 Å². The molecule has 0 aliphatic heterocycles. The summed E-state index contributed by atoms with van der Waals surface area (Å²) in [5.41, 5.74) is 1.40. The minimum atomic E-state index is -0.683. The van der Waals surface area contributed by atoms with Crippen molar-refractivity contribution in [2.45, 2.75) is 26.8 Å². The Hall–Kier alpha value is -1.82. The first-order valence-electron chi connectivity index (χ1n) is 6.53. The molecule has 1 rings (SSSR count). The van der Waals surface area contributed by atoms with E-state index in [0.717, 1.165) is 5.69 Å². The monoisotopic (exact) mass is 313 g/mol. The van der Waals surface area contributed by atoms with Gasteiger partial charge in [0.2, 0.25) is 5.91 Å². The van der Waals surface area contributed by atoms with Crippen LogP contribution < -0.4 is 5.32 Å². The zero-order valence-electron chi connectivity index (χ0n) is 12.8. The minimum Gasteiger partial charge on any atom is -0.467 e. The van der Waals surface area contributed by atoms with E-state index in [4.69, 9.17) is 11.6 Å².